The highest BCUT2D eigenvalue weighted by atomic mass is 35.5. The summed E-state index contributed by atoms with van der Waals surface area (Å²) in [5.41, 5.74) is 10.1. The lowest BCUT2D eigenvalue weighted by Gasteiger charge is -2.40. The molecule has 4 rings (SSSR count). The molecule has 1 aliphatic carbocycles. The number of carboxylic acids is 1. The first kappa shape index (κ1) is 29.8. The number of carbonyl (C=O) groups is 5. The molecule has 0 radical (unpaired) electrons. The Labute approximate surface area is 240 Å². The molecule has 0 spiro atoms. The van der Waals surface area contributed by atoms with E-state index in [0.29, 0.717) is 29.7 Å². The van der Waals surface area contributed by atoms with Crippen LogP contribution >= 0.6 is 11.6 Å². The van der Waals surface area contributed by atoms with Gasteiger partial charge in [0.2, 0.25) is 5.91 Å². The number of rotatable bonds is 10. The van der Waals surface area contributed by atoms with E-state index in [2.05, 4.69) is 4.98 Å². The molecule has 2 fully saturated rings. The number of carbonyl (C=O) groups excluding carboxylic acids is 4. The standard InChI is InChI=1S/C27H32ClN5O8/c1-2-40-26(39)33-12-10-32(11-13-33)24(37)17(6-7-19(34)35)21-20(23(29)36)22(41-27(25(30)38)8-3-9-27)16-5-4-15(28)14-18(16)31-21/h4-5,14,17H,2-3,6-13H2,1H3,(H2,29,36)(H2,30,38)(H,34,35). The van der Waals surface area contributed by atoms with Gasteiger partial charge in [-0.3, -0.25) is 24.2 Å². The highest BCUT2D eigenvalue weighted by Crippen LogP contribution is 2.43. The number of carboxylic acid groups (broad SMARTS) is 1. The van der Waals surface area contributed by atoms with Gasteiger partial charge in [-0.05, 0) is 50.8 Å². The zero-order chi connectivity index (χ0) is 29.9. The summed E-state index contributed by atoms with van der Waals surface area (Å²) in [5.74, 6) is -4.60. The molecule has 2 aromatic rings. The number of nitrogens with zero attached hydrogens (tertiary/aromatic N) is 3. The molecule has 1 aromatic heterocycles. The molecule has 2 heterocycles. The quantitative estimate of drug-likeness (QED) is 0.371. The number of benzene rings is 1. The Morgan fingerprint density at radius 1 is 1.10 bits per heavy atom. The first-order valence-corrected chi connectivity index (χ1v) is 13.7. The van der Waals surface area contributed by atoms with E-state index in [-0.39, 0.29) is 61.7 Å². The van der Waals surface area contributed by atoms with Crippen molar-refractivity contribution in [2.45, 2.75) is 50.5 Å². The molecule has 1 aromatic carbocycles. The second kappa shape index (κ2) is 12.2. The summed E-state index contributed by atoms with van der Waals surface area (Å²) in [6.45, 7) is 2.62. The van der Waals surface area contributed by atoms with Crippen LogP contribution in [0.25, 0.3) is 10.9 Å². The van der Waals surface area contributed by atoms with Gasteiger partial charge in [-0.25, -0.2) is 4.79 Å². The van der Waals surface area contributed by atoms with E-state index in [1.165, 1.54) is 15.9 Å². The lowest BCUT2D eigenvalue weighted by atomic mass is 9.79. The third-order valence-electron chi connectivity index (χ3n) is 7.48. The van der Waals surface area contributed by atoms with Crippen LogP contribution in [0.3, 0.4) is 0 Å². The third kappa shape index (κ3) is 6.14. The maximum absolute atomic E-state index is 13.9. The fourth-order valence-electron chi connectivity index (χ4n) is 5.10. The predicted molar refractivity (Wildman–Crippen MR) is 146 cm³/mol. The van der Waals surface area contributed by atoms with E-state index >= 15 is 0 Å². The van der Waals surface area contributed by atoms with Crippen LogP contribution in [0.2, 0.25) is 5.02 Å². The van der Waals surface area contributed by atoms with Gasteiger partial charge in [0.05, 0.1) is 23.7 Å². The Morgan fingerprint density at radius 2 is 1.76 bits per heavy atom. The van der Waals surface area contributed by atoms with Crippen molar-refractivity contribution >= 4 is 52.3 Å². The lowest BCUT2D eigenvalue weighted by molar-refractivity contribution is -0.141. The normalized spacial score (nSPS) is 16.9. The summed E-state index contributed by atoms with van der Waals surface area (Å²) < 4.78 is 11.2. The van der Waals surface area contributed by atoms with Gasteiger partial charge in [0.25, 0.3) is 11.8 Å². The van der Waals surface area contributed by atoms with Crippen molar-refractivity contribution in [3.8, 4) is 5.75 Å². The summed E-state index contributed by atoms with van der Waals surface area (Å²) in [6, 6.07) is 4.62. The van der Waals surface area contributed by atoms with Crippen molar-refractivity contribution in [2.24, 2.45) is 11.5 Å². The Hall–Kier alpha value is -4.13. The van der Waals surface area contributed by atoms with E-state index < -0.39 is 47.7 Å². The topological polar surface area (TPSA) is 195 Å². The summed E-state index contributed by atoms with van der Waals surface area (Å²) >= 11 is 6.23. The molecule has 13 nitrogen and oxygen atoms in total. The van der Waals surface area contributed by atoms with Gasteiger partial charge in [0, 0.05) is 43.0 Å². The monoisotopic (exact) mass is 589 g/mol. The highest BCUT2D eigenvalue weighted by molar-refractivity contribution is 6.31. The van der Waals surface area contributed by atoms with Gasteiger partial charge >= 0.3 is 12.1 Å². The second-order valence-electron chi connectivity index (χ2n) is 10.0. The van der Waals surface area contributed by atoms with Crippen LogP contribution in [0, 0.1) is 0 Å². The molecule has 4 amide bonds. The zero-order valence-electron chi connectivity index (χ0n) is 22.6. The van der Waals surface area contributed by atoms with Gasteiger partial charge in [-0.15, -0.1) is 0 Å². The first-order chi connectivity index (χ1) is 19.5. The number of halogens is 1. The molecular formula is C27H32ClN5O8. The third-order valence-corrected chi connectivity index (χ3v) is 7.71. The number of aromatic nitrogens is 1. The smallest absolute Gasteiger partial charge is 0.409 e. The maximum Gasteiger partial charge on any atom is 0.409 e. The maximum atomic E-state index is 13.9. The molecule has 41 heavy (non-hydrogen) atoms. The summed E-state index contributed by atoms with van der Waals surface area (Å²) in [4.78, 5) is 70.6. The number of hydrogen-bond acceptors (Lipinski definition) is 8. The average Bonchev–Trinajstić information content (AvgIpc) is 2.89. The zero-order valence-corrected chi connectivity index (χ0v) is 23.3. The van der Waals surface area contributed by atoms with Crippen LogP contribution in [0.5, 0.6) is 5.75 Å². The van der Waals surface area contributed by atoms with Crippen molar-refractivity contribution in [2.75, 3.05) is 32.8 Å². The summed E-state index contributed by atoms with van der Waals surface area (Å²) in [7, 11) is 0. The lowest BCUT2D eigenvalue weighted by Crippen LogP contribution is -2.54. The number of nitrogens with two attached hydrogens (primary N) is 2. The van der Waals surface area contributed by atoms with Crippen LogP contribution in [0.4, 0.5) is 4.79 Å². The van der Waals surface area contributed by atoms with Crippen LogP contribution in [-0.4, -0.2) is 88.1 Å². The predicted octanol–water partition coefficient (Wildman–Crippen LogP) is 2.02. The van der Waals surface area contributed by atoms with Crippen molar-refractivity contribution in [1.82, 2.24) is 14.8 Å². The highest BCUT2D eigenvalue weighted by Gasteiger charge is 2.47. The first-order valence-electron chi connectivity index (χ1n) is 13.3. The van der Waals surface area contributed by atoms with E-state index in [0.717, 1.165) is 0 Å². The number of pyridine rings is 1. The molecule has 14 heteroatoms. The van der Waals surface area contributed by atoms with Crippen molar-refractivity contribution in [3.63, 3.8) is 0 Å². The van der Waals surface area contributed by atoms with Gasteiger partial charge in [-0.2, -0.15) is 0 Å². The van der Waals surface area contributed by atoms with Crippen LogP contribution in [0.15, 0.2) is 18.2 Å². The number of amides is 4. The number of aliphatic carboxylic acids is 1. The van der Waals surface area contributed by atoms with E-state index in [9.17, 15) is 29.1 Å². The van der Waals surface area contributed by atoms with Gasteiger partial charge in [0.1, 0.15) is 11.3 Å². The van der Waals surface area contributed by atoms with Gasteiger partial charge in [-0.1, -0.05) is 11.6 Å². The molecule has 1 atom stereocenters. The minimum absolute atomic E-state index is 0.0621. The van der Waals surface area contributed by atoms with Gasteiger partial charge in [0.15, 0.2) is 5.60 Å². The molecule has 1 saturated heterocycles. The van der Waals surface area contributed by atoms with Crippen molar-refractivity contribution < 1.29 is 38.6 Å². The fraction of sp³-hybridized carbons (Fsp3) is 0.481. The number of fused-ring (bicyclic) bond motifs is 1. The van der Waals surface area contributed by atoms with Crippen LogP contribution in [-0.2, 0) is 19.1 Å². The summed E-state index contributed by atoms with van der Waals surface area (Å²) in [5, 5.41) is 10.1. The molecular weight excluding hydrogens is 558 g/mol. The minimum atomic E-state index is -1.38. The Balaban J connectivity index is 1.81. The number of hydrogen-bond donors (Lipinski definition) is 3. The molecule has 0 bridgehead atoms. The fourth-order valence-corrected chi connectivity index (χ4v) is 5.27. The molecule has 5 N–H and O–H groups in total. The molecule has 1 saturated carbocycles. The number of piperazine rings is 1. The Kier molecular flexibility index (Phi) is 8.86. The second-order valence-corrected chi connectivity index (χ2v) is 10.5. The van der Waals surface area contributed by atoms with E-state index in [4.69, 9.17) is 32.5 Å². The van der Waals surface area contributed by atoms with Crippen LogP contribution < -0.4 is 16.2 Å². The largest absolute Gasteiger partial charge is 0.481 e. The Morgan fingerprint density at radius 3 is 2.29 bits per heavy atom. The molecule has 1 aliphatic heterocycles. The average molecular weight is 590 g/mol. The van der Waals surface area contributed by atoms with Crippen molar-refractivity contribution in [3.05, 3.63) is 34.5 Å². The molecule has 220 valence electrons. The van der Waals surface area contributed by atoms with Crippen molar-refractivity contribution in [1.29, 1.82) is 0 Å². The molecule has 2 aliphatic rings. The number of primary amides is 2. The molecule has 1 unspecified atom stereocenters. The number of ether oxygens (including phenoxy) is 2. The Bertz CT molecular complexity index is 1390. The minimum Gasteiger partial charge on any atom is -0.481 e. The van der Waals surface area contributed by atoms with E-state index in [1.54, 1.807) is 19.1 Å². The van der Waals surface area contributed by atoms with Crippen LogP contribution in [0.1, 0.15) is 61.0 Å². The van der Waals surface area contributed by atoms with E-state index in [1.807, 2.05) is 0 Å². The summed E-state index contributed by atoms with van der Waals surface area (Å²) in [6.07, 6.45) is 0.208. The SMILES string of the molecule is CCOC(=O)N1CCN(C(=O)C(CCC(=O)O)c2nc3cc(Cl)ccc3c(OC3(C(N)=O)CCC3)c2C(N)=O)CC1. The van der Waals surface area contributed by atoms with Gasteiger partial charge < -0.3 is 35.8 Å².